The molecule has 2 aromatic carbocycles. The van der Waals surface area contributed by atoms with Crippen LogP contribution in [0.15, 0.2) is 52.4 Å². The van der Waals surface area contributed by atoms with E-state index in [9.17, 15) is 9.59 Å². The Bertz CT molecular complexity index is 1160. The predicted octanol–water partition coefficient (Wildman–Crippen LogP) is 4.61. The van der Waals surface area contributed by atoms with Gasteiger partial charge in [-0.25, -0.2) is 4.98 Å². The van der Waals surface area contributed by atoms with Crippen LogP contribution in [0.3, 0.4) is 0 Å². The highest BCUT2D eigenvalue weighted by atomic mass is 35.5. The standard InChI is InChI=1S/C24H26ClN3O3S/c1-31-14-4-13-28-23(30)20-10-9-19(25)15-21(20)26-24(28)32-16-17-5-7-18(8-6-17)22(29)27-11-2-3-12-27/h5-10,15H,2-4,11-14,16H2,1H3. The molecule has 3 aromatic rings. The number of halogens is 1. The van der Waals surface area contributed by atoms with E-state index in [4.69, 9.17) is 21.3 Å². The zero-order chi connectivity index (χ0) is 22.5. The number of amides is 1. The second kappa shape index (κ2) is 10.5. The monoisotopic (exact) mass is 471 g/mol. The van der Waals surface area contributed by atoms with Gasteiger partial charge in [0.25, 0.3) is 11.5 Å². The third-order valence-corrected chi connectivity index (χ3v) is 6.86. The van der Waals surface area contributed by atoms with Crippen LogP contribution in [0.5, 0.6) is 0 Å². The summed E-state index contributed by atoms with van der Waals surface area (Å²) in [5.41, 5.74) is 2.31. The Morgan fingerprint density at radius 1 is 1.16 bits per heavy atom. The second-order valence-corrected chi connectivity index (χ2v) is 9.22. The summed E-state index contributed by atoms with van der Waals surface area (Å²) < 4.78 is 6.87. The number of benzene rings is 2. The molecule has 1 saturated heterocycles. The summed E-state index contributed by atoms with van der Waals surface area (Å²) in [6.07, 6.45) is 2.88. The number of hydrogen-bond donors (Lipinski definition) is 0. The molecule has 0 aliphatic carbocycles. The minimum Gasteiger partial charge on any atom is -0.385 e. The number of aromatic nitrogens is 2. The Balaban J connectivity index is 1.54. The lowest BCUT2D eigenvalue weighted by Gasteiger charge is -2.15. The van der Waals surface area contributed by atoms with E-state index in [1.165, 1.54) is 11.8 Å². The SMILES string of the molecule is COCCCn1c(SCc2ccc(C(=O)N3CCCC3)cc2)nc2cc(Cl)ccc2c1=O. The quantitative estimate of drug-likeness (QED) is 0.272. The van der Waals surface area contributed by atoms with Crippen molar-refractivity contribution in [2.45, 2.75) is 36.7 Å². The number of fused-ring (bicyclic) bond motifs is 1. The zero-order valence-corrected chi connectivity index (χ0v) is 19.6. The van der Waals surface area contributed by atoms with Crippen LogP contribution < -0.4 is 5.56 Å². The highest BCUT2D eigenvalue weighted by Crippen LogP contribution is 2.24. The number of likely N-dealkylation sites (tertiary alicyclic amines) is 1. The average molecular weight is 472 g/mol. The van der Waals surface area contributed by atoms with Crippen molar-refractivity contribution < 1.29 is 9.53 Å². The summed E-state index contributed by atoms with van der Waals surface area (Å²) in [6, 6.07) is 12.9. The van der Waals surface area contributed by atoms with Crippen molar-refractivity contribution in [3.8, 4) is 0 Å². The van der Waals surface area contributed by atoms with E-state index < -0.39 is 0 Å². The third-order valence-electron chi connectivity index (χ3n) is 5.57. The maximum Gasteiger partial charge on any atom is 0.262 e. The lowest BCUT2D eigenvalue weighted by Crippen LogP contribution is -2.27. The van der Waals surface area contributed by atoms with Gasteiger partial charge < -0.3 is 9.64 Å². The molecule has 0 bridgehead atoms. The third kappa shape index (κ3) is 5.17. The number of methoxy groups -OCH3 is 1. The molecule has 1 aliphatic rings. The number of rotatable bonds is 8. The number of nitrogens with zero attached hydrogens (tertiary/aromatic N) is 3. The summed E-state index contributed by atoms with van der Waals surface area (Å²) >= 11 is 7.63. The molecule has 0 spiro atoms. The molecule has 8 heteroatoms. The van der Waals surface area contributed by atoms with Gasteiger partial charge in [-0.05, 0) is 55.2 Å². The van der Waals surface area contributed by atoms with Crippen molar-refractivity contribution in [2.24, 2.45) is 0 Å². The fourth-order valence-corrected chi connectivity index (χ4v) is 4.99. The van der Waals surface area contributed by atoms with Crippen molar-refractivity contribution >= 4 is 40.2 Å². The van der Waals surface area contributed by atoms with Crippen molar-refractivity contribution in [1.82, 2.24) is 14.5 Å². The fourth-order valence-electron chi connectivity index (χ4n) is 3.84. The van der Waals surface area contributed by atoms with Gasteiger partial charge in [-0.2, -0.15) is 0 Å². The van der Waals surface area contributed by atoms with Crippen molar-refractivity contribution in [1.29, 1.82) is 0 Å². The molecule has 1 aliphatic heterocycles. The van der Waals surface area contributed by atoms with Gasteiger partial charge >= 0.3 is 0 Å². The van der Waals surface area contributed by atoms with E-state index in [2.05, 4.69) is 0 Å². The zero-order valence-electron chi connectivity index (χ0n) is 18.1. The van der Waals surface area contributed by atoms with Crippen LogP contribution in [-0.4, -0.2) is 47.2 Å². The number of thioether (sulfide) groups is 1. The van der Waals surface area contributed by atoms with Crippen LogP contribution in [-0.2, 0) is 17.0 Å². The fraction of sp³-hybridized carbons (Fsp3) is 0.375. The van der Waals surface area contributed by atoms with Gasteiger partial charge in [0, 0.05) is 49.7 Å². The summed E-state index contributed by atoms with van der Waals surface area (Å²) in [5.74, 6) is 0.739. The van der Waals surface area contributed by atoms with Gasteiger partial charge in [0.2, 0.25) is 0 Å². The van der Waals surface area contributed by atoms with E-state index in [0.717, 1.165) is 43.5 Å². The van der Waals surface area contributed by atoms with E-state index in [-0.39, 0.29) is 11.5 Å². The van der Waals surface area contributed by atoms with Gasteiger partial charge in [0.1, 0.15) is 0 Å². The minimum atomic E-state index is -0.0724. The van der Waals surface area contributed by atoms with Crippen LogP contribution in [0.1, 0.15) is 35.2 Å². The first kappa shape index (κ1) is 22.8. The second-order valence-electron chi connectivity index (χ2n) is 7.84. The largest absolute Gasteiger partial charge is 0.385 e. The normalized spacial score (nSPS) is 13.8. The molecular formula is C24H26ClN3O3S. The van der Waals surface area contributed by atoms with Gasteiger partial charge in [0.05, 0.1) is 10.9 Å². The average Bonchev–Trinajstić information content (AvgIpc) is 3.34. The van der Waals surface area contributed by atoms with Gasteiger partial charge in [-0.3, -0.25) is 14.2 Å². The minimum absolute atomic E-state index is 0.0724. The van der Waals surface area contributed by atoms with Crippen LogP contribution in [0.4, 0.5) is 0 Å². The summed E-state index contributed by atoms with van der Waals surface area (Å²) in [7, 11) is 1.65. The van der Waals surface area contributed by atoms with Crippen molar-refractivity contribution in [2.75, 3.05) is 26.8 Å². The number of ether oxygens (including phenoxy) is 1. The molecule has 1 amide bonds. The van der Waals surface area contributed by atoms with Crippen LogP contribution in [0, 0.1) is 0 Å². The molecule has 0 radical (unpaired) electrons. The summed E-state index contributed by atoms with van der Waals surface area (Å²) in [4.78, 5) is 32.3. The molecule has 0 unspecified atom stereocenters. The Morgan fingerprint density at radius 3 is 2.62 bits per heavy atom. The van der Waals surface area contributed by atoms with Crippen molar-refractivity contribution in [3.05, 3.63) is 69.0 Å². The Kier molecular flexibility index (Phi) is 7.50. The molecule has 4 rings (SSSR count). The maximum atomic E-state index is 13.1. The van der Waals surface area contributed by atoms with Crippen molar-refractivity contribution in [3.63, 3.8) is 0 Å². The Morgan fingerprint density at radius 2 is 1.91 bits per heavy atom. The highest BCUT2D eigenvalue weighted by Gasteiger charge is 2.19. The lowest BCUT2D eigenvalue weighted by molar-refractivity contribution is 0.0793. The van der Waals surface area contributed by atoms with Gasteiger partial charge in [0.15, 0.2) is 5.16 Å². The molecule has 0 N–H and O–H groups in total. The smallest absolute Gasteiger partial charge is 0.262 e. The Hall–Kier alpha value is -2.35. The molecule has 0 atom stereocenters. The molecule has 0 saturated carbocycles. The highest BCUT2D eigenvalue weighted by molar-refractivity contribution is 7.98. The molecule has 1 fully saturated rings. The van der Waals surface area contributed by atoms with Gasteiger partial charge in [-0.1, -0.05) is 35.5 Å². The molecule has 1 aromatic heterocycles. The molecular weight excluding hydrogens is 446 g/mol. The molecule has 168 valence electrons. The number of carbonyl (C=O) groups is 1. The Labute approximate surface area is 196 Å². The van der Waals surface area contributed by atoms with Crippen LogP contribution in [0.25, 0.3) is 10.9 Å². The number of hydrogen-bond acceptors (Lipinski definition) is 5. The van der Waals surface area contributed by atoms with E-state index >= 15 is 0 Å². The van der Waals surface area contributed by atoms with Gasteiger partial charge in [-0.15, -0.1) is 0 Å². The first-order valence-electron chi connectivity index (χ1n) is 10.8. The van der Waals surface area contributed by atoms with Crippen LogP contribution >= 0.6 is 23.4 Å². The number of carbonyl (C=O) groups excluding carboxylic acids is 1. The van der Waals surface area contributed by atoms with E-state index in [1.54, 1.807) is 29.9 Å². The predicted molar refractivity (Wildman–Crippen MR) is 129 cm³/mol. The van der Waals surface area contributed by atoms with Crippen LogP contribution in [0.2, 0.25) is 5.02 Å². The molecule has 32 heavy (non-hydrogen) atoms. The molecule has 2 heterocycles. The van der Waals surface area contributed by atoms with E-state index in [1.807, 2.05) is 29.2 Å². The lowest BCUT2D eigenvalue weighted by atomic mass is 10.1. The summed E-state index contributed by atoms with van der Waals surface area (Å²) in [6.45, 7) is 2.79. The maximum absolute atomic E-state index is 13.1. The first-order valence-corrected chi connectivity index (χ1v) is 12.1. The first-order chi connectivity index (χ1) is 15.6. The van der Waals surface area contributed by atoms with E-state index in [0.29, 0.717) is 40.0 Å². The molecule has 6 nitrogen and oxygen atoms in total. The topological polar surface area (TPSA) is 64.4 Å². The summed E-state index contributed by atoms with van der Waals surface area (Å²) in [5, 5.41) is 1.76.